The van der Waals surface area contributed by atoms with Crippen LogP contribution in [-0.2, 0) is 6.42 Å². The fourth-order valence-corrected chi connectivity index (χ4v) is 3.24. The Bertz CT molecular complexity index is 1130. The SMILES string of the molecule is Cc1noc2nc(C(C)C)cc(C(=O)NCCc3ccc(-n4cccn4)cc3)c12. The molecule has 3 aromatic heterocycles. The number of fused-ring (bicyclic) bond motifs is 1. The number of aryl methyl sites for hydroxylation is 1. The summed E-state index contributed by atoms with van der Waals surface area (Å²) in [4.78, 5) is 17.3. The summed E-state index contributed by atoms with van der Waals surface area (Å²) in [5.41, 5.74) is 4.60. The maximum Gasteiger partial charge on any atom is 0.259 e. The first-order valence-electron chi connectivity index (χ1n) is 9.67. The molecule has 0 saturated carbocycles. The molecule has 29 heavy (non-hydrogen) atoms. The van der Waals surface area contributed by atoms with E-state index in [4.69, 9.17) is 4.52 Å². The maximum absolute atomic E-state index is 12.9. The number of carbonyl (C=O) groups excluding carboxylic acids is 1. The van der Waals surface area contributed by atoms with Gasteiger partial charge in [0.2, 0.25) is 0 Å². The number of hydrogen-bond donors (Lipinski definition) is 1. The van der Waals surface area contributed by atoms with Crippen molar-refractivity contribution in [1.29, 1.82) is 0 Å². The highest BCUT2D eigenvalue weighted by atomic mass is 16.5. The molecule has 0 aliphatic rings. The number of nitrogens with one attached hydrogen (secondary N) is 1. The molecule has 0 unspecified atom stereocenters. The zero-order chi connectivity index (χ0) is 20.4. The highest BCUT2D eigenvalue weighted by Crippen LogP contribution is 2.25. The van der Waals surface area contributed by atoms with Crippen LogP contribution >= 0.6 is 0 Å². The molecule has 0 bridgehead atoms. The monoisotopic (exact) mass is 389 g/mol. The molecule has 7 nitrogen and oxygen atoms in total. The first kappa shape index (κ1) is 18.9. The van der Waals surface area contributed by atoms with E-state index in [1.807, 2.05) is 55.9 Å². The largest absolute Gasteiger partial charge is 0.352 e. The lowest BCUT2D eigenvalue weighted by Crippen LogP contribution is -2.26. The third-order valence-corrected chi connectivity index (χ3v) is 4.88. The number of hydrogen-bond acceptors (Lipinski definition) is 5. The number of pyridine rings is 1. The van der Waals surface area contributed by atoms with Gasteiger partial charge in [-0.15, -0.1) is 0 Å². The zero-order valence-corrected chi connectivity index (χ0v) is 16.7. The number of carbonyl (C=O) groups is 1. The van der Waals surface area contributed by atoms with Crippen LogP contribution in [-0.4, -0.2) is 32.4 Å². The Morgan fingerprint density at radius 1 is 1.24 bits per heavy atom. The minimum atomic E-state index is -0.140. The van der Waals surface area contributed by atoms with Crippen LogP contribution in [0.3, 0.4) is 0 Å². The molecule has 4 aromatic rings. The summed E-state index contributed by atoms with van der Waals surface area (Å²) in [6, 6.07) is 11.9. The number of rotatable bonds is 6. The molecule has 0 aliphatic heterocycles. The van der Waals surface area contributed by atoms with Gasteiger partial charge in [-0.2, -0.15) is 5.10 Å². The molecule has 0 aliphatic carbocycles. The summed E-state index contributed by atoms with van der Waals surface area (Å²) in [5, 5.41) is 11.9. The number of amides is 1. The molecule has 148 valence electrons. The summed E-state index contributed by atoms with van der Waals surface area (Å²) < 4.78 is 7.11. The van der Waals surface area contributed by atoms with Crippen LogP contribution in [0.1, 0.15) is 47.1 Å². The normalized spacial score (nSPS) is 11.3. The lowest BCUT2D eigenvalue weighted by molar-refractivity contribution is 0.0955. The molecular weight excluding hydrogens is 366 g/mol. The smallest absolute Gasteiger partial charge is 0.259 e. The fraction of sp³-hybridized carbons (Fsp3) is 0.273. The lowest BCUT2D eigenvalue weighted by atomic mass is 10.0. The van der Waals surface area contributed by atoms with Gasteiger partial charge < -0.3 is 9.84 Å². The van der Waals surface area contributed by atoms with E-state index < -0.39 is 0 Å². The minimum Gasteiger partial charge on any atom is -0.352 e. The topological polar surface area (TPSA) is 85.8 Å². The standard InChI is InChI=1S/C22H23N5O2/c1-14(2)19-13-18(20-15(3)26-29-22(20)25-19)21(28)23-11-9-16-5-7-17(8-6-16)27-12-4-10-24-27/h4-8,10,12-14H,9,11H2,1-3H3,(H,23,28). The average molecular weight is 389 g/mol. The van der Waals surface area contributed by atoms with Crippen molar-refractivity contribution < 1.29 is 9.32 Å². The van der Waals surface area contributed by atoms with Crippen molar-refractivity contribution in [3.8, 4) is 5.69 Å². The molecule has 0 saturated heterocycles. The fourth-order valence-electron chi connectivity index (χ4n) is 3.24. The molecule has 4 rings (SSSR count). The van der Waals surface area contributed by atoms with Crippen molar-refractivity contribution in [2.45, 2.75) is 33.1 Å². The van der Waals surface area contributed by atoms with Crippen LogP contribution in [0.25, 0.3) is 16.8 Å². The lowest BCUT2D eigenvalue weighted by Gasteiger charge is -2.10. The van der Waals surface area contributed by atoms with E-state index in [2.05, 4.69) is 32.7 Å². The third kappa shape index (κ3) is 3.89. The van der Waals surface area contributed by atoms with Crippen LogP contribution < -0.4 is 5.32 Å². The van der Waals surface area contributed by atoms with Crippen molar-refractivity contribution >= 4 is 17.0 Å². The van der Waals surface area contributed by atoms with E-state index in [0.29, 0.717) is 28.9 Å². The highest BCUT2D eigenvalue weighted by Gasteiger charge is 2.19. The van der Waals surface area contributed by atoms with E-state index in [1.165, 1.54) is 0 Å². The summed E-state index contributed by atoms with van der Waals surface area (Å²) in [7, 11) is 0. The van der Waals surface area contributed by atoms with Crippen molar-refractivity contribution in [2.24, 2.45) is 0 Å². The second kappa shape index (κ2) is 7.87. The summed E-state index contributed by atoms with van der Waals surface area (Å²) in [6.07, 6.45) is 4.39. The Hall–Kier alpha value is -3.48. The predicted octanol–water partition coefficient (Wildman–Crippen LogP) is 3.81. The molecule has 0 radical (unpaired) electrons. The second-order valence-corrected chi connectivity index (χ2v) is 7.32. The predicted molar refractivity (Wildman–Crippen MR) is 110 cm³/mol. The average Bonchev–Trinajstić information content (AvgIpc) is 3.38. The van der Waals surface area contributed by atoms with Gasteiger partial charge in [0.25, 0.3) is 11.6 Å². The van der Waals surface area contributed by atoms with Crippen molar-refractivity contribution in [2.75, 3.05) is 6.54 Å². The van der Waals surface area contributed by atoms with Crippen LogP contribution in [0.15, 0.2) is 53.3 Å². The Morgan fingerprint density at radius 3 is 2.72 bits per heavy atom. The summed E-state index contributed by atoms with van der Waals surface area (Å²) in [5.74, 6) is 0.0448. The molecular formula is C22H23N5O2. The zero-order valence-electron chi connectivity index (χ0n) is 16.7. The Morgan fingerprint density at radius 2 is 2.03 bits per heavy atom. The molecule has 1 N–H and O–H groups in total. The molecule has 1 amide bonds. The van der Waals surface area contributed by atoms with Gasteiger partial charge in [0.05, 0.1) is 22.3 Å². The first-order valence-corrected chi connectivity index (χ1v) is 9.67. The van der Waals surface area contributed by atoms with Crippen molar-refractivity contribution in [1.82, 2.24) is 25.2 Å². The molecule has 3 heterocycles. The summed E-state index contributed by atoms with van der Waals surface area (Å²) in [6.45, 7) is 6.42. The second-order valence-electron chi connectivity index (χ2n) is 7.32. The molecule has 1 aromatic carbocycles. The van der Waals surface area contributed by atoms with Crippen LogP contribution in [0.4, 0.5) is 0 Å². The number of nitrogens with zero attached hydrogens (tertiary/aromatic N) is 4. The first-order chi connectivity index (χ1) is 14.0. The van der Waals surface area contributed by atoms with Crippen LogP contribution in [0, 0.1) is 6.92 Å². The minimum absolute atomic E-state index is 0.140. The Labute approximate surface area is 168 Å². The Kier molecular flexibility index (Phi) is 5.12. The van der Waals surface area contributed by atoms with E-state index in [1.54, 1.807) is 6.20 Å². The van der Waals surface area contributed by atoms with E-state index >= 15 is 0 Å². The van der Waals surface area contributed by atoms with E-state index in [9.17, 15) is 4.79 Å². The number of aromatic nitrogens is 4. The van der Waals surface area contributed by atoms with E-state index in [0.717, 1.165) is 23.4 Å². The molecule has 7 heteroatoms. The quantitative estimate of drug-likeness (QED) is 0.542. The van der Waals surface area contributed by atoms with Crippen molar-refractivity contribution in [3.63, 3.8) is 0 Å². The van der Waals surface area contributed by atoms with Gasteiger partial charge in [0.15, 0.2) is 0 Å². The third-order valence-electron chi connectivity index (χ3n) is 4.88. The van der Waals surface area contributed by atoms with Crippen LogP contribution in [0.5, 0.6) is 0 Å². The van der Waals surface area contributed by atoms with Gasteiger partial charge in [-0.05, 0) is 49.1 Å². The highest BCUT2D eigenvalue weighted by molar-refractivity contribution is 6.06. The number of benzene rings is 1. The van der Waals surface area contributed by atoms with Gasteiger partial charge in [-0.1, -0.05) is 31.1 Å². The van der Waals surface area contributed by atoms with Gasteiger partial charge in [-0.3, -0.25) is 4.79 Å². The van der Waals surface area contributed by atoms with Crippen molar-refractivity contribution in [3.05, 3.63) is 71.3 Å². The van der Waals surface area contributed by atoms with Gasteiger partial charge in [0, 0.05) is 24.6 Å². The van der Waals surface area contributed by atoms with Crippen LogP contribution in [0.2, 0.25) is 0 Å². The Balaban J connectivity index is 1.45. The van der Waals surface area contributed by atoms with E-state index in [-0.39, 0.29) is 11.8 Å². The molecule has 0 atom stereocenters. The summed E-state index contributed by atoms with van der Waals surface area (Å²) >= 11 is 0. The molecule has 0 spiro atoms. The maximum atomic E-state index is 12.9. The molecule has 0 fully saturated rings. The van der Waals surface area contributed by atoms with Gasteiger partial charge in [0.1, 0.15) is 0 Å². The van der Waals surface area contributed by atoms with Gasteiger partial charge >= 0.3 is 0 Å². The van der Waals surface area contributed by atoms with Gasteiger partial charge in [-0.25, -0.2) is 9.67 Å².